The number of pyridine rings is 1. The highest BCUT2D eigenvalue weighted by molar-refractivity contribution is 5.84. The van der Waals surface area contributed by atoms with Crippen molar-refractivity contribution in [3.8, 4) is 11.1 Å². The highest BCUT2D eigenvalue weighted by Gasteiger charge is 2.19. The number of rotatable bonds is 10. The smallest absolute Gasteiger partial charge is 0.138 e. The van der Waals surface area contributed by atoms with Crippen LogP contribution in [-0.4, -0.2) is 15.0 Å². The van der Waals surface area contributed by atoms with Crippen molar-refractivity contribution in [1.82, 2.24) is 20.3 Å². The lowest BCUT2D eigenvalue weighted by Crippen LogP contribution is -2.12. The highest BCUT2D eigenvalue weighted by Crippen LogP contribution is 2.33. The number of allylic oxidation sites excluding steroid dienone is 2. The zero-order valence-electron chi connectivity index (χ0n) is 27.7. The minimum atomic E-state index is -0.349. The maximum atomic E-state index is 15.3. The molecule has 0 radical (unpaired) electrons. The molecule has 46 heavy (non-hydrogen) atoms. The largest absolute Gasteiger partial charge is 0.342 e. The SMILES string of the molecule is C=C/C=C(/c1ccccc1F)c1nc(C(=C)c2cc(-c3cncc(CNCc4ccccc4)c3)c(F)cc2C)[nH]c1C.CC.CC. The van der Waals surface area contributed by atoms with Gasteiger partial charge < -0.3 is 10.3 Å². The van der Waals surface area contributed by atoms with Crippen LogP contribution in [0.5, 0.6) is 0 Å². The Balaban J connectivity index is 0.00000139. The zero-order valence-corrected chi connectivity index (χ0v) is 27.7. The van der Waals surface area contributed by atoms with Gasteiger partial charge in [-0.05, 0) is 60.4 Å². The minimum absolute atomic E-state index is 0.340. The highest BCUT2D eigenvalue weighted by atomic mass is 19.1. The van der Waals surface area contributed by atoms with Gasteiger partial charge in [-0.25, -0.2) is 13.8 Å². The Kier molecular flexibility index (Phi) is 13.5. The average molecular weight is 619 g/mol. The van der Waals surface area contributed by atoms with Crippen LogP contribution in [0.2, 0.25) is 0 Å². The third-order valence-electron chi connectivity index (χ3n) is 7.12. The summed E-state index contributed by atoms with van der Waals surface area (Å²) in [5, 5.41) is 3.42. The maximum absolute atomic E-state index is 15.3. The minimum Gasteiger partial charge on any atom is -0.342 e. The van der Waals surface area contributed by atoms with Gasteiger partial charge in [-0.15, -0.1) is 0 Å². The first-order valence-corrected chi connectivity index (χ1v) is 15.7. The topological polar surface area (TPSA) is 53.6 Å². The van der Waals surface area contributed by atoms with E-state index in [-0.39, 0.29) is 11.6 Å². The summed E-state index contributed by atoms with van der Waals surface area (Å²) in [6, 6.07) is 22.0. The quantitative estimate of drug-likeness (QED) is 0.153. The second-order valence-corrected chi connectivity index (χ2v) is 10.2. The first kappa shape index (κ1) is 35.5. The van der Waals surface area contributed by atoms with Crippen LogP contribution < -0.4 is 5.32 Å². The van der Waals surface area contributed by atoms with Crippen LogP contribution in [0.15, 0.2) is 111 Å². The fourth-order valence-corrected chi connectivity index (χ4v) is 4.98. The van der Waals surface area contributed by atoms with Gasteiger partial charge in [0.1, 0.15) is 17.5 Å². The summed E-state index contributed by atoms with van der Waals surface area (Å²) in [6.45, 7) is 21.1. The van der Waals surface area contributed by atoms with Crippen LogP contribution in [0, 0.1) is 25.5 Å². The van der Waals surface area contributed by atoms with E-state index in [1.165, 1.54) is 17.7 Å². The van der Waals surface area contributed by atoms with E-state index >= 15 is 4.39 Å². The number of benzene rings is 3. The molecule has 0 spiro atoms. The van der Waals surface area contributed by atoms with Gasteiger partial charge in [0.25, 0.3) is 0 Å². The van der Waals surface area contributed by atoms with Gasteiger partial charge in [-0.1, -0.05) is 102 Å². The van der Waals surface area contributed by atoms with E-state index < -0.39 is 0 Å². The molecular formula is C40H44F2N4. The summed E-state index contributed by atoms with van der Waals surface area (Å²) >= 11 is 0. The molecule has 0 saturated carbocycles. The molecule has 238 valence electrons. The summed E-state index contributed by atoms with van der Waals surface area (Å²) in [5.74, 6) is -0.169. The maximum Gasteiger partial charge on any atom is 0.138 e. The van der Waals surface area contributed by atoms with Gasteiger partial charge in [0.05, 0.1) is 5.69 Å². The van der Waals surface area contributed by atoms with Crippen LogP contribution in [0.25, 0.3) is 22.3 Å². The molecule has 2 aromatic heterocycles. The number of aryl methyl sites for hydroxylation is 2. The van der Waals surface area contributed by atoms with E-state index in [1.807, 2.05) is 65.8 Å². The first-order valence-electron chi connectivity index (χ1n) is 15.7. The summed E-state index contributed by atoms with van der Waals surface area (Å²) < 4.78 is 30.0. The van der Waals surface area contributed by atoms with Gasteiger partial charge >= 0.3 is 0 Å². The molecule has 6 heteroatoms. The van der Waals surface area contributed by atoms with Crippen molar-refractivity contribution >= 4 is 11.1 Å². The summed E-state index contributed by atoms with van der Waals surface area (Å²) in [7, 11) is 0. The number of H-pyrrole nitrogens is 1. The first-order chi connectivity index (χ1) is 22.4. The number of nitrogens with one attached hydrogen (secondary N) is 2. The summed E-state index contributed by atoms with van der Waals surface area (Å²) in [4.78, 5) is 12.5. The lowest BCUT2D eigenvalue weighted by atomic mass is 9.95. The molecule has 0 aliphatic carbocycles. The van der Waals surface area contributed by atoms with Crippen molar-refractivity contribution in [3.05, 3.63) is 167 Å². The number of aromatic amines is 1. The van der Waals surface area contributed by atoms with Crippen molar-refractivity contribution < 1.29 is 8.78 Å². The predicted molar refractivity (Wildman–Crippen MR) is 189 cm³/mol. The lowest BCUT2D eigenvalue weighted by molar-refractivity contribution is 0.624. The van der Waals surface area contributed by atoms with Gasteiger partial charge in [-0.3, -0.25) is 4.98 Å². The Labute approximate surface area is 272 Å². The van der Waals surface area contributed by atoms with Gasteiger partial charge in [0.15, 0.2) is 0 Å². The van der Waals surface area contributed by atoms with Crippen LogP contribution in [0.1, 0.15) is 72.7 Å². The van der Waals surface area contributed by atoms with Crippen LogP contribution in [0.4, 0.5) is 8.78 Å². The Morgan fingerprint density at radius 3 is 2.20 bits per heavy atom. The van der Waals surface area contributed by atoms with E-state index in [0.717, 1.165) is 28.9 Å². The van der Waals surface area contributed by atoms with Crippen molar-refractivity contribution in [1.29, 1.82) is 0 Å². The Morgan fingerprint density at radius 2 is 1.50 bits per heavy atom. The fourth-order valence-electron chi connectivity index (χ4n) is 4.98. The third kappa shape index (κ3) is 8.61. The van der Waals surface area contributed by atoms with Gasteiger partial charge in [0.2, 0.25) is 0 Å². The number of imidazole rings is 1. The molecule has 0 unspecified atom stereocenters. The normalized spacial score (nSPS) is 10.7. The fraction of sp³-hybridized carbons (Fsp3) is 0.200. The summed E-state index contributed by atoms with van der Waals surface area (Å²) in [5.41, 5.74) is 7.69. The predicted octanol–water partition coefficient (Wildman–Crippen LogP) is 10.4. The molecule has 0 atom stereocenters. The molecule has 2 N–H and O–H groups in total. The van der Waals surface area contributed by atoms with Crippen LogP contribution in [0.3, 0.4) is 0 Å². The molecule has 0 aliphatic heterocycles. The van der Waals surface area contributed by atoms with E-state index in [0.29, 0.717) is 45.9 Å². The summed E-state index contributed by atoms with van der Waals surface area (Å²) in [6.07, 6.45) is 6.80. The molecule has 4 nitrogen and oxygen atoms in total. The van der Waals surface area contributed by atoms with Gasteiger partial charge in [-0.2, -0.15) is 0 Å². The molecule has 5 rings (SSSR count). The van der Waals surface area contributed by atoms with E-state index in [9.17, 15) is 4.39 Å². The van der Waals surface area contributed by atoms with E-state index in [4.69, 9.17) is 4.98 Å². The molecule has 2 heterocycles. The van der Waals surface area contributed by atoms with Crippen molar-refractivity contribution in [2.24, 2.45) is 0 Å². The number of halogens is 2. The van der Waals surface area contributed by atoms with Crippen LogP contribution >= 0.6 is 0 Å². The Bertz CT molecular complexity index is 1780. The molecule has 0 aliphatic rings. The molecule has 0 amide bonds. The standard InChI is InChI=1S/C36H32F2N4.2C2H6/c1-5-11-30(29-14-9-10-15-33(29)37)35-25(4)41-36(42-35)24(3)31-18-32(34(38)16-23(31)2)28-17-27(21-40-22-28)20-39-19-26-12-7-6-8-13-26;2*1-2/h5-18,21-22,39H,1,3,19-20H2,2,4H3,(H,41,42);2*1-2H3/b30-11-;;. The van der Waals surface area contributed by atoms with Crippen molar-refractivity contribution in [2.45, 2.75) is 54.6 Å². The van der Waals surface area contributed by atoms with Gasteiger partial charge in [0, 0.05) is 59.0 Å². The Morgan fingerprint density at radius 1 is 0.826 bits per heavy atom. The number of nitrogens with zero attached hydrogens (tertiary/aromatic N) is 2. The molecule has 0 fully saturated rings. The van der Waals surface area contributed by atoms with Crippen molar-refractivity contribution in [2.75, 3.05) is 0 Å². The van der Waals surface area contributed by atoms with E-state index in [1.54, 1.807) is 48.8 Å². The molecule has 3 aromatic carbocycles. The second kappa shape index (κ2) is 17.5. The van der Waals surface area contributed by atoms with E-state index in [2.05, 4.69) is 40.6 Å². The lowest BCUT2D eigenvalue weighted by Gasteiger charge is -2.13. The Hall–Kier alpha value is -4.94. The van der Waals surface area contributed by atoms with Crippen molar-refractivity contribution in [3.63, 3.8) is 0 Å². The number of hydrogen-bond donors (Lipinski definition) is 2. The number of hydrogen-bond acceptors (Lipinski definition) is 3. The second-order valence-electron chi connectivity index (χ2n) is 10.2. The molecular weight excluding hydrogens is 574 g/mol. The monoisotopic (exact) mass is 618 g/mol. The zero-order chi connectivity index (χ0) is 33.6. The molecule has 0 saturated heterocycles. The molecule has 5 aromatic rings. The third-order valence-corrected chi connectivity index (χ3v) is 7.12. The molecule has 0 bridgehead atoms. The average Bonchev–Trinajstić information content (AvgIpc) is 3.47. The van der Waals surface area contributed by atoms with Crippen LogP contribution in [-0.2, 0) is 13.1 Å². The number of aromatic nitrogens is 3.